The highest BCUT2D eigenvalue weighted by Gasteiger charge is 2.06. The van der Waals surface area contributed by atoms with Gasteiger partial charge in [-0.3, -0.25) is 4.57 Å². The summed E-state index contributed by atoms with van der Waals surface area (Å²) in [6.45, 7) is 2.61. The summed E-state index contributed by atoms with van der Waals surface area (Å²) in [5, 5.41) is 15.8. The predicted molar refractivity (Wildman–Crippen MR) is 83.1 cm³/mol. The van der Waals surface area contributed by atoms with Crippen LogP contribution < -0.4 is 5.69 Å². The molecule has 1 heterocycles. The molecule has 0 fully saturated rings. The highest BCUT2D eigenvalue weighted by Crippen LogP contribution is 2.19. The van der Waals surface area contributed by atoms with E-state index >= 15 is 0 Å². The fourth-order valence-corrected chi connectivity index (χ4v) is 2.71. The van der Waals surface area contributed by atoms with Crippen LogP contribution in [0.5, 0.6) is 0 Å². The number of aromatic amines is 1. The Kier molecular flexibility index (Phi) is 5.67. The Balaban J connectivity index is 1.98. The zero-order chi connectivity index (χ0) is 15.1. The summed E-state index contributed by atoms with van der Waals surface area (Å²) < 4.78 is 1.61. The van der Waals surface area contributed by atoms with E-state index in [2.05, 4.69) is 22.0 Å². The van der Waals surface area contributed by atoms with Crippen LogP contribution in [0.15, 0.2) is 34.2 Å². The summed E-state index contributed by atoms with van der Waals surface area (Å²) in [6, 6.07) is 7.93. The highest BCUT2D eigenvalue weighted by molar-refractivity contribution is 7.98. The molecule has 0 aliphatic rings. The molecular weight excluding hydrogens is 286 g/mol. The van der Waals surface area contributed by atoms with Gasteiger partial charge < -0.3 is 5.11 Å². The number of thioether (sulfide) groups is 1. The fourth-order valence-electron chi connectivity index (χ4n) is 1.74. The summed E-state index contributed by atoms with van der Waals surface area (Å²) >= 11 is 1.52. The van der Waals surface area contributed by atoms with Gasteiger partial charge >= 0.3 is 5.69 Å². The lowest BCUT2D eigenvalue weighted by Gasteiger charge is -2.02. The summed E-state index contributed by atoms with van der Waals surface area (Å²) in [5.74, 6) is 6.62. The lowest BCUT2D eigenvalue weighted by molar-refractivity contribution is 0.305. The van der Waals surface area contributed by atoms with Gasteiger partial charge in [0.15, 0.2) is 5.16 Å². The zero-order valence-corrected chi connectivity index (χ0v) is 12.6. The molecule has 0 aliphatic heterocycles. The second kappa shape index (κ2) is 7.72. The third-order valence-corrected chi connectivity index (χ3v) is 3.88. The monoisotopic (exact) mass is 303 g/mol. The minimum absolute atomic E-state index is 0.0878. The van der Waals surface area contributed by atoms with Gasteiger partial charge in [0.1, 0.15) is 0 Å². The number of H-pyrrole nitrogens is 1. The SMILES string of the molecule is CCn1c(SCc2ccc(C#CCCO)cc2)n[nH]c1=O. The van der Waals surface area contributed by atoms with E-state index in [0.29, 0.717) is 18.1 Å². The number of hydrogen-bond acceptors (Lipinski definition) is 4. The molecule has 0 bridgehead atoms. The number of aliphatic hydroxyl groups is 1. The molecule has 110 valence electrons. The Morgan fingerprint density at radius 1 is 1.38 bits per heavy atom. The molecule has 0 aliphatic carbocycles. The molecule has 2 aromatic rings. The Hall–Kier alpha value is -1.97. The first-order valence-electron chi connectivity index (χ1n) is 6.71. The van der Waals surface area contributed by atoms with Gasteiger partial charge in [-0.2, -0.15) is 0 Å². The maximum Gasteiger partial charge on any atom is 0.343 e. The van der Waals surface area contributed by atoms with Crippen molar-refractivity contribution >= 4 is 11.8 Å². The first-order chi connectivity index (χ1) is 10.2. The van der Waals surface area contributed by atoms with Crippen molar-refractivity contribution in [3.05, 3.63) is 45.9 Å². The molecule has 6 heteroatoms. The number of benzene rings is 1. The molecule has 0 saturated heterocycles. The van der Waals surface area contributed by atoms with Crippen molar-refractivity contribution in [2.24, 2.45) is 0 Å². The normalized spacial score (nSPS) is 10.2. The maximum absolute atomic E-state index is 11.5. The minimum atomic E-state index is -0.172. The Labute approximate surface area is 127 Å². The first kappa shape index (κ1) is 15.4. The smallest absolute Gasteiger partial charge is 0.343 e. The number of nitrogens with one attached hydrogen (secondary N) is 1. The fraction of sp³-hybridized carbons (Fsp3) is 0.333. The molecule has 0 amide bonds. The average molecular weight is 303 g/mol. The predicted octanol–water partition coefficient (Wildman–Crippen LogP) is 1.62. The molecule has 1 aromatic heterocycles. The van der Waals surface area contributed by atoms with Crippen molar-refractivity contribution < 1.29 is 5.11 Å². The topological polar surface area (TPSA) is 70.9 Å². The van der Waals surface area contributed by atoms with Crippen LogP contribution in [-0.4, -0.2) is 26.5 Å². The highest BCUT2D eigenvalue weighted by atomic mass is 32.2. The Morgan fingerprint density at radius 3 is 2.81 bits per heavy atom. The molecule has 0 saturated carbocycles. The largest absolute Gasteiger partial charge is 0.395 e. The van der Waals surface area contributed by atoms with Crippen molar-refractivity contribution in [1.29, 1.82) is 0 Å². The Morgan fingerprint density at radius 2 is 2.14 bits per heavy atom. The molecule has 5 nitrogen and oxygen atoms in total. The van der Waals surface area contributed by atoms with E-state index in [-0.39, 0.29) is 12.3 Å². The van der Waals surface area contributed by atoms with Crippen LogP contribution in [0, 0.1) is 11.8 Å². The van der Waals surface area contributed by atoms with Crippen molar-refractivity contribution in [2.45, 2.75) is 30.8 Å². The number of hydrogen-bond donors (Lipinski definition) is 2. The Bertz CT molecular complexity index is 692. The summed E-state index contributed by atoms with van der Waals surface area (Å²) in [5.41, 5.74) is 1.91. The van der Waals surface area contributed by atoms with Gasteiger partial charge in [0, 0.05) is 24.3 Å². The molecular formula is C15H17N3O2S. The third kappa shape index (κ3) is 4.25. The van der Waals surface area contributed by atoms with E-state index in [1.54, 1.807) is 4.57 Å². The molecule has 0 spiro atoms. The molecule has 2 N–H and O–H groups in total. The maximum atomic E-state index is 11.5. The van der Waals surface area contributed by atoms with Gasteiger partial charge in [0.2, 0.25) is 0 Å². The van der Waals surface area contributed by atoms with Crippen molar-refractivity contribution in [1.82, 2.24) is 14.8 Å². The zero-order valence-electron chi connectivity index (χ0n) is 11.8. The van der Waals surface area contributed by atoms with Gasteiger partial charge in [0.05, 0.1) is 6.61 Å². The van der Waals surface area contributed by atoms with Crippen LogP contribution in [0.2, 0.25) is 0 Å². The molecule has 0 radical (unpaired) electrons. The molecule has 2 rings (SSSR count). The van der Waals surface area contributed by atoms with E-state index < -0.39 is 0 Å². The van der Waals surface area contributed by atoms with Crippen LogP contribution in [-0.2, 0) is 12.3 Å². The quantitative estimate of drug-likeness (QED) is 0.650. The third-order valence-electron chi connectivity index (χ3n) is 2.83. The van der Waals surface area contributed by atoms with E-state index in [1.165, 1.54) is 11.8 Å². The lowest BCUT2D eigenvalue weighted by Crippen LogP contribution is -2.16. The lowest BCUT2D eigenvalue weighted by atomic mass is 10.1. The molecule has 0 atom stereocenters. The first-order valence-corrected chi connectivity index (χ1v) is 7.69. The molecule has 21 heavy (non-hydrogen) atoms. The number of aliphatic hydroxyl groups excluding tert-OH is 1. The van der Waals surface area contributed by atoms with Crippen LogP contribution >= 0.6 is 11.8 Å². The van der Waals surface area contributed by atoms with Crippen LogP contribution in [0.25, 0.3) is 0 Å². The van der Waals surface area contributed by atoms with Gasteiger partial charge in [-0.15, -0.1) is 5.10 Å². The summed E-state index contributed by atoms with van der Waals surface area (Å²) in [6.07, 6.45) is 0.491. The van der Waals surface area contributed by atoms with E-state index in [0.717, 1.165) is 16.9 Å². The number of aromatic nitrogens is 3. The van der Waals surface area contributed by atoms with E-state index in [4.69, 9.17) is 5.11 Å². The number of nitrogens with zero attached hydrogens (tertiary/aromatic N) is 2. The average Bonchev–Trinajstić information content (AvgIpc) is 2.87. The van der Waals surface area contributed by atoms with Crippen LogP contribution in [0.4, 0.5) is 0 Å². The van der Waals surface area contributed by atoms with Crippen LogP contribution in [0.3, 0.4) is 0 Å². The second-order valence-corrected chi connectivity index (χ2v) is 5.26. The van der Waals surface area contributed by atoms with Crippen molar-refractivity contribution in [2.75, 3.05) is 6.61 Å². The summed E-state index contributed by atoms with van der Waals surface area (Å²) in [7, 11) is 0. The number of rotatable bonds is 5. The van der Waals surface area contributed by atoms with Crippen molar-refractivity contribution in [3.63, 3.8) is 0 Å². The van der Waals surface area contributed by atoms with Crippen molar-refractivity contribution in [3.8, 4) is 11.8 Å². The molecule has 0 unspecified atom stereocenters. The summed E-state index contributed by atoms with van der Waals surface area (Å²) in [4.78, 5) is 11.5. The van der Waals surface area contributed by atoms with Crippen LogP contribution in [0.1, 0.15) is 24.5 Å². The standard InChI is InChI=1S/C15H17N3O2S/c1-2-18-14(20)16-17-15(18)21-11-13-8-6-12(7-9-13)5-3-4-10-19/h6-9,19H,2,4,10-11H2,1H3,(H,16,20). The van der Waals surface area contributed by atoms with Gasteiger partial charge in [-0.1, -0.05) is 35.7 Å². The van der Waals surface area contributed by atoms with Gasteiger partial charge in [-0.05, 0) is 24.6 Å². The minimum Gasteiger partial charge on any atom is -0.395 e. The van der Waals surface area contributed by atoms with E-state index in [9.17, 15) is 4.79 Å². The van der Waals surface area contributed by atoms with Gasteiger partial charge in [-0.25, -0.2) is 9.89 Å². The van der Waals surface area contributed by atoms with Gasteiger partial charge in [0.25, 0.3) is 0 Å². The molecule has 1 aromatic carbocycles. The second-order valence-electron chi connectivity index (χ2n) is 4.32. The van der Waals surface area contributed by atoms with E-state index in [1.807, 2.05) is 31.2 Å².